The predicted octanol–water partition coefficient (Wildman–Crippen LogP) is 2.76. The van der Waals surface area contributed by atoms with Gasteiger partial charge in [-0.2, -0.15) is 4.98 Å². The first-order chi connectivity index (χ1) is 9.94. The Hall–Kier alpha value is -2.43. The molecule has 0 fully saturated rings. The maximum Gasteiger partial charge on any atom is 0.238 e. The van der Waals surface area contributed by atoms with Crippen molar-refractivity contribution in [2.45, 2.75) is 32.2 Å². The van der Waals surface area contributed by atoms with Crippen molar-refractivity contribution in [2.75, 3.05) is 0 Å². The Balaban J connectivity index is 2.30. The predicted molar refractivity (Wildman–Crippen MR) is 79.6 cm³/mol. The van der Waals surface area contributed by atoms with Gasteiger partial charge >= 0.3 is 0 Å². The highest BCUT2D eigenvalue weighted by Gasteiger charge is 2.29. The number of carbonyl (C=O) groups is 1. The van der Waals surface area contributed by atoms with Crippen molar-refractivity contribution in [3.8, 4) is 0 Å². The van der Waals surface area contributed by atoms with Crippen LogP contribution in [-0.2, 0) is 10.3 Å². The first-order valence-corrected chi connectivity index (χ1v) is 6.74. The molecule has 0 spiro atoms. The Morgan fingerprint density at radius 3 is 2.62 bits per heavy atom. The van der Waals surface area contributed by atoms with E-state index < -0.39 is 5.54 Å². The molecule has 21 heavy (non-hydrogen) atoms. The van der Waals surface area contributed by atoms with Crippen LogP contribution >= 0.6 is 0 Å². The van der Waals surface area contributed by atoms with Gasteiger partial charge in [0.1, 0.15) is 0 Å². The molecule has 1 heterocycles. The lowest BCUT2D eigenvalue weighted by Gasteiger charge is -2.21. The molecule has 0 bridgehead atoms. The minimum Gasteiger partial charge on any atom is -0.344 e. The summed E-state index contributed by atoms with van der Waals surface area (Å²) in [4.78, 5) is 15.7. The van der Waals surface area contributed by atoms with Gasteiger partial charge in [-0.05, 0) is 19.4 Å². The summed E-state index contributed by atoms with van der Waals surface area (Å²) in [6.07, 6.45) is 1.76. The fraction of sp³-hybridized carbons (Fsp3) is 0.312. The maximum atomic E-state index is 11.2. The van der Waals surface area contributed by atoms with Crippen molar-refractivity contribution in [2.24, 2.45) is 0 Å². The summed E-state index contributed by atoms with van der Waals surface area (Å²) in [5, 5.41) is 6.78. The second kappa shape index (κ2) is 5.91. The Morgan fingerprint density at radius 2 is 2.05 bits per heavy atom. The molecule has 0 radical (unpaired) electrons. The summed E-state index contributed by atoms with van der Waals surface area (Å²) in [6.45, 7) is 8.95. The average Bonchev–Trinajstić information content (AvgIpc) is 2.90. The van der Waals surface area contributed by atoms with E-state index in [9.17, 15) is 4.79 Å². The molecule has 2 aromatic rings. The smallest absolute Gasteiger partial charge is 0.238 e. The van der Waals surface area contributed by atoms with Crippen molar-refractivity contribution in [3.05, 3.63) is 60.3 Å². The van der Waals surface area contributed by atoms with Crippen LogP contribution in [0.3, 0.4) is 0 Å². The monoisotopic (exact) mass is 285 g/mol. The normalized spacial score (nSPS) is 12.7. The molecule has 110 valence electrons. The Bertz CT molecular complexity index is 632. The van der Waals surface area contributed by atoms with Crippen LogP contribution in [0.25, 0.3) is 0 Å². The van der Waals surface area contributed by atoms with Crippen LogP contribution in [0.5, 0.6) is 0 Å². The second-order valence-electron chi connectivity index (χ2n) is 5.39. The van der Waals surface area contributed by atoms with E-state index in [1.165, 1.54) is 6.92 Å². The van der Waals surface area contributed by atoms with Crippen LogP contribution in [0.2, 0.25) is 0 Å². The summed E-state index contributed by atoms with van der Waals surface area (Å²) in [6, 6.07) is 9.81. The lowest BCUT2D eigenvalue weighted by Crippen LogP contribution is -2.40. The first-order valence-electron chi connectivity index (χ1n) is 6.74. The van der Waals surface area contributed by atoms with Gasteiger partial charge in [0.2, 0.25) is 11.8 Å². The van der Waals surface area contributed by atoms with Crippen LogP contribution in [0, 0.1) is 0 Å². The van der Waals surface area contributed by atoms with Gasteiger partial charge < -0.3 is 9.84 Å². The van der Waals surface area contributed by atoms with Crippen LogP contribution in [-0.4, -0.2) is 16.0 Å². The number of allylic oxidation sites excluding steroid dienone is 1. The molecule has 5 heteroatoms. The summed E-state index contributed by atoms with van der Waals surface area (Å²) in [5.74, 6) is 0.593. The molecule has 0 aliphatic heterocycles. The molecule has 0 saturated heterocycles. The van der Waals surface area contributed by atoms with Gasteiger partial charge in [0, 0.05) is 6.92 Å². The van der Waals surface area contributed by atoms with E-state index in [4.69, 9.17) is 4.52 Å². The van der Waals surface area contributed by atoms with Crippen molar-refractivity contribution in [3.63, 3.8) is 0 Å². The summed E-state index contributed by atoms with van der Waals surface area (Å²) < 4.78 is 5.36. The number of nitrogens with one attached hydrogen (secondary N) is 1. The van der Waals surface area contributed by atoms with E-state index >= 15 is 0 Å². The minimum atomic E-state index is -0.685. The van der Waals surface area contributed by atoms with E-state index in [2.05, 4.69) is 22.0 Å². The third-order valence-electron chi connectivity index (χ3n) is 3.15. The first kappa shape index (κ1) is 15.0. The number of carbonyl (C=O) groups excluding carboxylic acids is 1. The zero-order valence-corrected chi connectivity index (χ0v) is 12.5. The quantitative estimate of drug-likeness (QED) is 0.858. The molecule has 1 N–H and O–H groups in total. The average molecular weight is 285 g/mol. The highest BCUT2D eigenvalue weighted by molar-refractivity contribution is 5.73. The topological polar surface area (TPSA) is 68.0 Å². The highest BCUT2D eigenvalue weighted by atomic mass is 16.5. The third-order valence-corrected chi connectivity index (χ3v) is 3.15. The van der Waals surface area contributed by atoms with Crippen LogP contribution in [0.1, 0.15) is 44.0 Å². The highest BCUT2D eigenvalue weighted by Crippen LogP contribution is 2.26. The largest absolute Gasteiger partial charge is 0.344 e. The van der Waals surface area contributed by atoms with Crippen molar-refractivity contribution < 1.29 is 9.32 Å². The number of benzene rings is 1. The van der Waals surface area contributed by atoms with Crippen molar-refractivity contribution >= 4 is 5.91 Å². The molecular formula is C16H19N3O2. The number of hydrogen-bond donors (Lipinski definition) is 1. The summed E-state index contributed by atoms with van der Waals surface area (Å²) in [5.41, 5.74) is 0.343. The molecule has 0 saturated carbocycles. The molecule has 1 aromatic carbocycles. The SMILES string of the molecule is C=CC(c1ccccc1)c1nc(C(C)(C)NC(C)=O)no1. The van der Waals surface area contributed by atoms with E-state index in [1.54, 1.807) is 6.08 Å². The van der Waals surface area contributed by atoms with E-state index in [0.29, 0.717) is 11.7 Å². The molecular weight excluding hydrogens is 266 g/mol. The molecule has 1 aromatic heterocycles. The number of aromatic nitrogens is 2. The van der Waals surface area contributed by atoms with E-state index in [1.807, 2.05) is 44.2 Å². The Kier molecular flexibility index (Phi) is 4.21. The minimum absolute atomic E-state index is 0.144. The molecule has 2 rings (SSSR count). The fourth-order valence-corrected chi connectivity index (χ4v) is 2.15. The molecule has 5 nitrogen and oxygen atoms in total. The lowest BCUT2D eigenvalue weighted by molar-refractivity contribution is -0.120. The fourth-order valence-electron chi connectivity index (χ4n) is 2.15. The van der Waals surface area contributed by atoms with Crippen molar-refractivity contribution in [1.82, 2.24) is 15.5 Å². The van der Waals surface area contributed by atoms with Crippen molar-refractivity contribution in [1.29, 1.82) is 0 Å². The number of amides is 1. The summed E-state index contributed by atoms with van der Waals surface area (Å²) >= 11 is 0. The summed E-state index contributed by atoms with van der Waals surface area (Å²) in [7, 11) is 0. The number of nitrogens with zero attached hydrogens (tertiary/aromatic N) is 2. The zero-order valence-electron chi connectivity index (χ0n) is 12.5. The van der Waals surface area contributed by atoms with Gasteiger partial charge in [-0.3, -0.25) is 4.79 Å². The number of rotatable bonds is 5. The molecule has 1 atom stereocenters. The van der Waals surface area contributed by atoms with Gasteiger partial charge in [-0.1, -0.05) is 41.6 Å². The second-order valence-corrected chi connectivity index (χ2v) is 5.39. The standard InChI is InChI=1S/C16H19N3O2/c1-5-13(12-9-7-6-8-10-12)14-17-15(19-21-14)16(3,4)18-11(2)20/h5-10,13H,1H2,2-4H3,(H,18,20). The van der Waals surface area contributed by atoms with E-state index in [-0.39, 0.29) is 11.8 Å². The molecule has 0 aliphatic carbocycles. The van der Waals surface area contributed by atoms with Gasteiger partial charge in [0.15, 0.2) is 5.82 Å². The van der Waals surface area contributed by atoms with Crippen LogP contribution in [0.4, 0.5) is 0 Å². The van der Waals surface area contributed by atoms with Gasteiger partial charge in [-0.25, -0.2) is 0 Å². The van der Waals surface area contributed by atoms with Crippen LogP contribution in [0.15, 0.2) is 47.5 Å². The molecule has 1 amide bonds. The zero-order chi connectivity index (χ0) is 15.5. The lowest BCUT2D eigenvalue weighted by atomic mass is 9.99. The third kappa shape index (κ3) is 3.37. The van der Waals surface area contributed by atoms with E-state index in [0.717, 1.165) is 5.56 Å². The van der Waals surface area contributed by atoms with Gasteiger partial charge in [-0.15, -0.1) is 6.58 Å². The Morgan fingerprint density at radius 1 is 1.38 bits per heavy atom. The molecule has 0 aliphatic rings. The van der Waals surface area contributed by atoms with Gasteiger partial charge in [0.05, 0.1) is 11.5 Å². The number of hydrogen-bond acceptors (Lipinski definition) is 4. The molecule has 1 unspecified atom stereocenters. The maximum absolute atomic E-state index is 11.2. The Labute approximate surface area is 124 Å². The van der Waals surface area contributed by atoms with Crippen LogP contribution < -0.4 is 5.32 Å². The van der Waals surface area contributed by atoms with Gasteiger partial charge in [0.25, 0.3) is 0 Å².